The highest BCUT2D eigenvalue weighted by molar-refractivity contribution is 5.26. The summed E-state index contributed by atoms with van der Waals surface area (Å²) in [5.41, 5.74) is 2.97. The van der Waals surface area contributed by atoms with Crippen molar-refractivity contribution >= 4 is 0 Å². The van der Waals surface area contributed by atoms with E-state index in [1.165, 1.54) is 31.2 Å². The van der Waals surface area contributed by atoms with Gasteiger partial charge in [0, 0.05) is 0 Å². The summed E-state index contributed by atoms with van der Waals surface area (Å²) in [6.45, 7) is 4.60. The third kappa shape index (κ3) is 2.00. The first-order valence-corrected chi connectivity index (χ1v) is 5.84. The Kier molecular flexibility index (Phi) is 2.90. The molecule has 0 N–H and O–H groups in total. The van der Waals surface area contributed by atoms with Crippen molar-refractivity contribution in [2.75, 3.05) is 0 Å². The Morgan fingerprint density at radius 3 is 2.64 bits per heavy atom. The molecule has 2 rings (SSSR count). The minimum atomic E-state index is 0.823. The first kappa shape index (κ1) is 9.76. The highest BCUT2D eigenvalue weighted by atomic mass is 14.3. The molecule has 0 spiro atoms. The maximum atomic E-state index is 2.41. The zero-order valence-electron chi connectivity index (χ0n) is 9.29. The second-order valence-electron chi connectivity index (χ2n) is 4.78. The SMILES string of the molecule is Cc1cccc([C@@H]2CCCC[C@@H]2C)c1. The average molecular weight is 188 g/mol. The molecule has 1 fully saturated rings. The highest BCUT2D eigenvalue weighted by Gasteiger charge is 2.22. The predicted octanol–water partition coefficient (Wildman–Crippen LogP) is 4.29. The lowest BCUT2D eigenvalue weighted by molar-refractivity contribution is 0.330. The molecule has 1 aliphatic rings. The van der Waals surface area contributed by atoms with Crippen molar-refractivity contribution in [2.24, 2.45) is 5.92 Å². The van der Waals surface area contributed by atoms with Crippen LogP contribution in [0.15, 0.2) is 24.3 Å². The van der Waals surface area contributed by atoms with Crippen molar-refractivity contribution in [1.29, 1.82) is 0 Å². The molecule has 0 heteroatoms. The summed E-state index contributed by atoms with van der Waals surface area (Å²) in [5, 5.41) is 0. The Morgan fingerprint density at radius 2 is 1.93 bits per heavy atom. The third-order valence-electron chi connectivity index (χ3n) is 3.58. The van der Waals surface area contributed by atoms with Crippen LogP contribution in [0.2, 0.25) is 0 Å². The van der Waals surface area contributed by atoms with Crippen molar-refractivity contribution in [3.05, 3.63) is 35.4 Å². The molecular weight excluding hydrogens is 168 g/mol. The minimum Gasteiger partial charge on any atom is -0.0619 e. The van der Waals surface area contributed by atoms with E-state index in [0.29, 0.717) is 0 Å². The van der Waals surface area contributed by atoms with Crippen LogP contribution in [-0.2, 0) is 0 Å². The van der Waals surface area contributed by atoms with Gasteiger partial charge in [-0.2, -0.15) is 0 Å². The summed E-state index contributed by atoms with van der Waals surface area (Å²) in [4.78, 5) is 0. The second-order valence-corrected chi connectivity index (χ2v) is 4.78. The fourth-order valence-electron chi connectivity index (χ4n) is 2.71. The molecular formula is C14H20. The predicted molar refractivity (Wildman–Crippen MR) is 61.6 cm³/mol. The normalized spacial score (nSPS) is 27.6. The van der Waals surface area contributed by atoms with Crippen LogP contribution in [0.3, 0.4) is 0 Å². The van der Waals surface area contributed by atoms with Gasteiger partial charge in [-0.05, 0) is 30.7 Å². The Balaban J connectivity index is 2.20. The minimum absolute atomic E-state index is 0.823. The van der Waals surface area contributed by atoms with E-state index in [2.05, 4.69) is 38.1 Å². The van der Waals surface area contributed by atoms with Crippen molar-refractivity contribution in [1.82, 2.24) is 0 Å². The number of benzene rings is 1. The van der Waals surface area contributed by atoms with E-state index in [1.807, 2.05) is 0 Å². The van der Waals surface area contributed by atoms with E-state index in [4.69, 9.17) is 0 Å². The quantitative estimate of drug-likeness (QED) is 0.616. The lowest BCUT2D eigenvalue weighted by Crippen LogP contribution is -2.14. The van der Waals surface area contributed by atoms with E-state index in [0.717, 1.165) is 11.8 Å². The third-order valence-corrected chi connectivity index (χ3v) is 3.58. The van der Waals surface area contributed by atoms with Gasteiger partial charge in [-0.3, -0.25) is 0 Å². The smallest absolute Gasteiger partial charge is 0.0136 e. The summed E-state index contributed by atoms with van der Waals surface area (Å²) in [5.74, 6) is 1.70. The zero-order valence-corrected chi connectivity index (χ0v) is 9.29. The molecule has 1 aliphatic carbocycles. The van der Waals surface area contributed by atoms with Crippen LogP contribution in [0.25, 0.3) is 0 Å². The van der Waals surface area contributed by atoms with Crippen LogP contribution < -0.4 is 0 Å². The second kappa shape index (κ2) is 4.16. The summed E-state index contributed by atoms with van der Waals surface area (Å²) in [7, 11) is 0. The van der Waals surface area contributed by atoms with E-state index >= 15 is 0 Å². The summed E-state index contributed by atoms with van der Waals surface area (Å²) < 4.78 is 0. The average Bonchev–Trinajstić information content (AvgIpc) is 2.18. The number of hydrogen-bond acceptors (Lipinski definition) is 0. The van der Waals surface area contributed by atoms with Crippen molar-refractivity contribution in [2.45, 2.75) is 45.4 Å². The molecule has 0 radical (unpaired) electrons. The topological polar surface area (TPSA) is 0 Å². The molecule has 0 aliphatic heterocycles. The summed E-state index contributed by atoms with van der Waals surface area (Å²) in [6, 6.07) is 9.06. The van der Waals surface area contributed by atoms with Gasteiger partial charge < -0.3 is 0 Å². The number of rotatable bonds is 1. The molecule has 0 saturated heterocycles. The first-order chi connectivity index (χ1) is 6.77. The van der Waals surface area contributed by atoms with E-state index in [1.54, 1.807) is 5.56 Å². The van der Waals surface area contributed by atoms with Gasteiger partial charge in [0.15, 0.2) is 0 Å². The van der Waals surface area contributed by atoms with Crippen LogP contribution in [-0.4, -0.2) is 0 Å². The van der Waals surface area contributed by atoms with Crippen LogP contribution in [0.4, 0.5) is 0 Å². The van der Waals surface area contributed by atoms with Crippen LogP contribution in [0.1, 0.15) is 49.7 Å². The molecule has 14 heavy (non-hydrogen) atoms. The fourth-order valence-corrected chi connectivity index (χ4v) is 2.71. The molecule has 0 unspecified atom stereocenters. The molecule has 0 nitrogen and oxygen atoms in total. The van der Waals surface area contributed by atoms with Crippen molar-refractivity contribution in [3.8, 4) is 0 Å². The Bertz CT molecular complexity index is 301. The maximum absolute atomic E-state index is 2.41. The van der Waals surface area contributed by atoms with Gasteiger partial charge >= 0.3 is 0 Å². The highest BCUT2D eigenvalue weighted by Crippen LogP contribution is 2.37. The fraction of sp³-hybridized carbons (Fsp3) is 0.571. The van der Waals surface area contributed by atoms with Crippen LogP contribution in [0.5, 0.6) is 0 Å². The van der Waals surface area contributed by atoms with E-state index in [9.17, 15) is 0 Å². The largest absolute Gasteiger partial charge is 0.0619 e. The Hall–Kier alpha value is -0.780. The number of hydrogen-bond donors (Lipinski definition) is 0. The molecule has 2 atom stereocenters. The monoisotopic (exact) mass is 188 g/mol. The van der Waals surface area contributed by atoms with Crippen molar-refractivity contribution in [3.63, 3.8) is 0 Å². The Morgan fingerprint density at radius 1 is 1.14 bits per heavy atom. The molecule has 76 valence electrons. The number of aryl methyl sites for hydroxylation is 1. The van der Waals surface area contributed by atoms with Gasteiger partial charge in [0.05, 0.1) is 0 Å². The lowest BCUT2D eigenvalue weighted by Gasteiger charge is -2.29. The molecule has 1 saturated carbocycles. The molecule has 1 aromatic rings. The molecule has 0 heterocycles. The summed E-state index contributed by atoms with van der Waals surface area (Å²) >= 11 is 0. The molecule has 0 amide bonds. The van der Waals surface area contributed by atoms with Crippen molar-refractivity contribution < 1.29 is 0 Å². The lowest BCUT2D eigenvalue weighted by atomic mass is 9.76. The Labute approximate surface area is 87.3 Å². The standard InChI is InChI=1S/C14H20/c1-11-6-5-8-13(10-11)14-9-4-3-7-12(14)2/h5-6,8,10,12,14H,3-4,7,9H2,1-2H3/t12-,14+/m0/s1. The first-order valence-electron chi connectivity index (χ1n) is 5.84. The van der Waals surface area contributed by atoms with Gasteiger partial charge in [0.25, 0.3) is 0 Å². The maximum Gasteiger partial charge on any atom is -0.0136 e. The van der Waals surface area contributed by atoms with Crippen LogP contribution in [0, 0.1) is 12.8 Å². The van der Waals surface area contributed by atoms with E-state index in [-0.39, 0.29) is 0 Å². The summed E-state index contributed by atoms with van der Waals surface area (Å²) in [6.07, 6.45) is 5.66. The van der Waals surface area contributed by atoms with Gasteiger partial charge in [-0.15, -0.1) is 0 Å². The van der Waals surface area contributed by atoms with Gasteiger partial charge in [-0.25, -0.2) is 0 Å². The van der Waals surface area contributed by atoms with Gasteiger partial charge in [0.1, 0.15) is 0 Å². The van der Waals surface area contributed by atoms with Gasteiger partial charge in [-0.1, -0.05) is 56.0 Å². The zero-order chi connectivity index (χ0) is 9.97. The molecule has 1 aromatic carbocycles. The van der Waals surface area contributed by atoms with Crippen LogP contribution >= 0.6 is 0 Å². The van der Waals surface area contributed by atoms with Gasteiger partial charge in [0.2, 0.25) is 0 Å². The molecule has 0 bridgehead atoms. The molecule has 0 aromatic heterocycles. The van der Waals surface area contributed by atoms with E-state index < -0.39 is 0 Å².